The van der Waals surface area contributed by atoms with Crippen molar-refractivity contribution in [1.29, 1.82) is 0 Å². The van der Waals surface area contributed by atoms with Crippen molar-refractivity contribution in [1.82, 2.24) is 5.32 Å². The summed E-state index contributed by atoms with van der Waals surface area (Å²) in [5.74, 6) is 5.21. The molecule has 1 amide bonds. The summed E-state index contributed by atoms with van der Waals surface area (Å²) in [4.78, 5) is 13.1. The van der Waals surface area contributed by atoms with E-state index in [1.807, 2.05) is 11.4 Å². The Morgan fingerprint density at radius 3 is 2.95 bits per heavy atom. The lowest BCUT2D eigenvalue weighted by Crippen LogP contribution is -2.22. The molecule has 0 fully saturated rings. The van der Waals surface area contributed by atoms with Crippen molar-refractivity contribution in [3.05, 3.63) is 56.2 Å². The Morgan fingerprint density at radius 2 is 2.25 bits per heavy atom. The molecular weight excluding hydrogens is 338 g/mol. The molecule has 0 spiro atoms. The van der Waals surface area contributed by atoms with Gasteiger partial charge in [-0.1, -0.05) is 17.9 Å². The van der Waals surface area contributed by atoms with Gasteiger partial charge in [-0.05, 0) is 40.2 Å². The molecule has 0 radical (unpaired) electrons. The average Bonchev–Trinajstić information content (AvgIpc) is 2.88. The third kappa shape index (κ3) is 4.20. The molecular formula is C15H12BrNO2S. The van der Waals surface area contributed by atoms with Crippen LogP contribution in [0.4, 0.5) is 0 Å². The van der Waals surface area contributed by atoms with Crippen LogP contribution in [0.25, 0.3) is 0 Å². The number of nitrogens with one attached hydrogen (secondary N) is 1. The van der Waals surface area contributed by atoms with Crippen LogP contribution in [0, 0.1) is 11.8 Å². The molecule has 1 heterocycles. The lowest BCUT2D eigenvalue weighted by molar-refractivity contribution is 0.0951. The summed E-state index contributed by atoms with van der Waals surface area (Å²) in [5, 5.41) is 13.5. The number of carbonyl (C=O) groups is 1. The molecule has 1 aromatic heterocycles. The highest BCUT2D eigenvalue weighted by Gasteiger charge is 2.06. The van der Waals surface area contributed by atoms with Gasteiger partial charge in [0.15, 0.2) is 0 Å². The smallest absolute Gasteiger partial charge is 0.251 e. The van der Waals surface area contributed by atoms with Crippen molar-refractivity contribution in [2.45, 2.75) is 6.54 Å². The van der Waals surface area contributed by atoms with Crippen molar-refractivity contribution in [2.24, 2.45) is 0 Å². The molecule has 0 aliphatic rings. The second-order valence-corrected chi connectivity index (χ2v) is 5.87. The van der Waals surface area contributed by atoms with Gasteiger partial charge < -0.3 is 10.4 Å². The van der Waals surface area contributed by atoms with Gasteiger partial charge in [0, 0.05) is 25.9 Å². The highest BCUT2D eigenvalue weighted by atomic mass is 79.9. The largest absolute Gasteiger partial charge is 0.384 e. The maximum atomic E-state index is 12.0. The SMILES string of the molecule is O=C(NCc1cc(Br)cs1)c1cccc(C#CCO)c1. The molecule has 2 aromatic rings. The predicted octanol–water partition coefficient (Wildman–Crippen LogP) is 2.78. The third-order valence-electron chi connectivity index (χ3n) is 2.48. The van der Waals surface area contributed by atoms with E-state index in [4.69, 9.17) is 5.11 Å². The van der Waals surface area contributed by atoms with Crippen LogP contribution in [0.3, 0.4) is 0 Å². The Hall–Kier alpha value is -1.61. The summed E-state index contributed by atoms with van der Waals surface area (Å²) in [5.41, 5.74) is 1.27. The van der Waals surface area contributed by atoms with Gasteiger partial charge in [0.05, 0.1) is 6.54 Å². The van der Waals surface area contributed by atoms with Crippen LogP contribution in [0.2, 0.25) is 0 Å². The number of hydrogen-bond acceptors (Lipinski definition) is 3. The van der Waals surface area contributed by atoms with E-state index in [1.165, 1.54) is 0 Å². The van der Waals surface area contributed by atoms with Crippen LogP contribution >= 0.6 is 27.3 Å². The van der Waals surface area contributed by atoms with Crippen molar-refractivity contribution in [3.63, 3.8) is 0 Å². The van der Waals surface area contributed by atoms with Crippen LogP contribution in [0.15, 0.2) is 40.2 Å². The zero-order valence-corrected chi connectivity index (χ0v) is 12.9. The molecule has 0 bridgehead atoms. The van der Waals surface area contributed by atoms with Gasteiger partial charge in [0.1, 0.15) is 6.61 Å². The topological polar surface area (TPSA) is 49.3 Å². The first kappa shape index (κ1) is 14.8. The second-order valence-electron chi connectivity index (χ2n) is 3.95. The number of benzene rings is 1. The Labute approximate surface area is 129 Å². The molecule has 20 heavy (non-hydrogen) atoms. The van der Waals surface area contributed by atoms with Crippen molar-refractivity contribution >= 4 is 33.2 Å². The highest BCUT2D eigenvalue weighted by Crippen LogP contribution is 2.19. The Morgan fingerprint density at radius 1 is 1.40 bits per heavy atom. The summed E-state index contributed by atoms with van der Waals surface area (Å²) < 4.78 is 1.02. The van der Waals surface area contributed by atoms with Crippen LogP contribution in [-0.2, 0) is 6.54 Å². The number of hydrogen-bond donors (Lipinski definition) is 2. The van der Waals surface area contributed by atoms with E-state index >= 15 is 0 Å². The lowest BCUT2D eigenvalue weighted by atomic mass is 10.1. The second kappa shape index (κ2) is 7.25. The molecule has 0 unspecified atom stereocenters. The van der Waals surface area contributed by atoms with E-state index in [0.717, 1.165) is 9.35 Å². The molecule has 0 saturated carbocycles. The summed E-state index contributed by atoms with van der Waals surface area (Å²) in [6.45, 7) is 0.311. The summed E-state index contributed by atoms with van der Waals surface area (Å²) in [6.07, 6.45) is 0. The lowest BCUT2D eigenvalue weighted by Gasteiger charge is -2.04. The highest BCUT2D eigenvalue weighted by molar-refractivity contribution is 9.10. The fraction of sp³-hybridized carbons (Fsp3) is 0.133. The fourth-order valence-corrected chi connectivity index (χ4v) is 2.99. The Kier molecular flexibility index (Phi) is 5.36. The van der Waals surface area contributed by atoms with Gasteiger partial charge in [-0.25, -0.2) is 0 Å². The third-order valence-corrected chi connectivity index (χ3v) is 4.18. The number of halogens is 1. The van der Waals surface area contributed by atoms with Gasteiger partial charge in [-0.15, -0.1) is 11.3 Å². The van der Waals surface area contributed by atoms with E-state index in [2.05, 4.69) is 33.1 Å². The van der Waals surface area contributed by atoms with Gasteiger partial charge in [-0.3, -0.25) is 4.79 Å². The minimum Gasteiger partial charge on any atom is -0.384 e. The summed E-state index contributed by atoms with van der Waals surface area (Å²) in [6, 6.07) is 9.01. The monoisotopic (exact) mass is 349 g/mol. The molecule has 0 atom stereocenters. The van der Waals surface area contributed by atoms with Crippen LogP contribution < -0.4 is 5.32 Å². The van der Waals surface area contributed by atoms with Gasteiger partial charge in [-0.2, -0.15) is 0 Å². The zero-order chi connectivity index (χ0) is 14.4. The maximum absolute atomic E-state index is 12.0. The van der Waals surface area contributed by atoms with Gasteiger partial charge in [0.25, 0.3) is 5.91 Å². The molecule has 5 heteroatoms. The Balaban J connectivity index is 2.01. The number of thiophene rings is 1. The summed E-state index contributed by atoms with van der Waals surface area (Å²) in [7, 11) is 0. The number of rotatable bonds is 3. The van der Waals surface area contributed by atoms with Gasteiger partial charge in [0.2, 0.25) is 0 Å². The van der Waals surface area contributed by atoms with Crippen molar-refractivity contribution in [3.8, 4) is 11.8 Å². The average molecular weight is 350 g/mol. The molecule has 0 aliphatic heterocycles. The number of amides is 1. The minimum absolute atomic E-state index is 0.137. The minimum atomic E-state index is -0.191. The van der Waals surface area contributed by atoms with Crippen LogP contribution in [0.5, 0.6) is 0 Å². The van der Waals surface area contributed by atoms with Gasteiger partial charge >= 0.3 is 0 Å². The number of aliphatic hydroxyl groups excluding tert-OH is 1. The number of carbonyl (C=O) groups excluding carboxylic acids is 1. The summed E-state index contributed by atoms with van der Waals surface area (Å²) >= 11 is 4.97. The first-order valence-corrected chi connectivity index (χ1v) is 7.57. The van der Waals surface area contributed by atoms with Crippen molar-refractivity contribution in [2.75, 3.05) is 6.61 Å². The van der Waals surface area contributed by atoms with E-state index < -0.39 is 0 Å². The van der Waals surface area contributed by atoms with E-state index in [1.54, 1.807) is 35.6 Å². The molecule has 0 aliphatic carbocycles. The molecule has 2 N–H and O–H groups in total. The first-order valence-electron chi connectivity index (χ1n) is 5.90. The standard InChI is InChI=1S/C15H12BrNO2S/c16-13-8-14(20-10-13)9-17-15(19)12-5-1-3-11(7-12)4-2-6-18/h1,3,5,7-8,10,18H,6,9H2,(H,17,19). The molecule has 2 rings (SSSR count). The maximum Gasteiger partial charge on any atom is 0.251 e. The Bertz CT molecular complexity index is 670. The fourth-order valence-electron chi connectivity index (χ4n) is 1.60. The first-order chi connectivity index (χ1) is 9.69. The molecule has 3 nitrogen and oxygen atoms in total. The molecule has 0 saturated heterocycles. The predicted molar refractivity (Wildman–Crippen MR) is 83.6 cm³/mol. The number of aliphatic hydroxyl groups is 1. The van der Waals surface area contributed by atoms with E-state index in [-0.39, 0.29) is 12.5 Å². The van der Waals surface area contributed by atoms with Crippen molar-refractivity contribution < 1.29 is 9.90 Å². The van der Waals surface area contributed by atoms with Crippen LogP contribution in [-0.4, -0.2) is 17.6 Å². The normalized spacial score (nSPS) is 9.70. The molecule has 102 valence electrons. The zero-order valence-electron chi connectivity index (χ0n) is 10.5. The van der Waals surface area contributed by atoms with E-state index in [9.17, 15) is 4.79 Å². The van der Waals surface area contributed by atoms with Crippen LogP contribution in [0.1, 0.15) is 20.8 Å². The van der Waals surface area contributed by atoms with E-state index in [0.29, 0.717) is 17.7 Å². The molecule has 1 aromatic carbocycles. The quantitative estimate of drug-likeness (QED) is 0.837.